The Morgan fingerprint density at radius 2 is 0.893 bits per heavy atom. The molecule has 0 unspecified atom stereocenters. The predicted octanol–water partition coefficient (Wildman–Crippen LogP) is 3.03. The zero-order valence-corrected chi connectivity index (χ0v) is 17.5. The molecule has 0 spiro atoms. The smallest absolute Gasteiger partial charge is 0.227 e. The Hall–Kier alpha value is -2.62. The largest absolute Gasteiger partial charge is 0.349 e. The maximum absolute atomic E-state index is 13.5. The Bertz CT molecular complexity index is 851. The van der Waals surface area contributed by atoms with Gasteiger partial charge in [-0.1, -0.05) is 62.4 Å². The summed E-state index contributed by atoms with van der Waals surface area (Å²) in [5, 5.41) is 0. The number of carbonyl (C=O) groups excluding carboxylic acids is 2. The molecule has 0 heterocycles. The molecule has 0 fully saturated rings. The first-order valence-electron chi connectivity index (χ1n) is 9.79. The first-order valence-corrected chi connectivity index (χ1v) is 9.79. The maximum atomic E-state index is 13.5. The van der Waals surface area contributed by atoms with Gasteiger partial charge in [0.2, 0.25) is 11.8 Å². The van der Waals surface area contributed by atoms with E-state index in [9.17, 15) is 9.59 Å². The lowest BCUT2D eigenvalue weighted by atomic mass is 9.41. The second-order valence-corrected chi connectivity index (χ2v) is 8.92. The van der Waals surface area contributed by atoms with E-state index in [2.05, 4.69) is 38.1 Å². The van der Waals surface area contributed by atoms with Crippen molar-refractivity contribution in [2.24, 2.45) is 11.8 Å². The standard InChI is InChI=1S/C24H28N2O2/c1-23-15-11-7-9-13-17(15)24(2,18-14-10-8-12-16(18)23)20(22(28)26(5)6)19(23)21(27)25(3)4/h7-14,19-20H,1-6H3/t19-,20-,23?,24?/m0/s1. The summed E-state index contributed by atoms with van der Waals surface area (Å²) in [7, 11) is 7.13. The van der Waals surface area contributed by atoms with Gasteiger partial charge in [-0.2, -0.15) is 0 Å². The topological polar surface area (TPSA) is 40.6 Å². The lowest BCUT2D eigenvalue weighted by Crippen LogP contribution is -2.65. The SMILES string of the molecule is CN(C)C(=O)[C@@H]1[C@@H](C(=O)N(C)C)C2(C)c3ccccc3C1(C)c1ccccc12. The molecule has 28 heavy (non-hydrogen) atoms. The van der Waals surface area contributed by atoms with Gasteiger partial charge < -0.3 is 9.80 Å². The number of fused-ring (bicyclic) bond motifs is 1. The van der Waals surface area contributed by atoms with Crippen LogP contribution in [0.1, 0.15) is 36.1 Å². The summed E-state index contributed by atoms with van der Waals surface area (Å²) in [6.45, 7) is 4.29. The molecule has 2 aromatic carbocycles. The fourth-order valence-electron chi connectivity index (χ4n) is 5.74. The number of hydrogen-bond donors (Lipinski definition) is 0. The Kier molecular flexibility index (Phi) is 3.97. The lowest BCUT2D eigenvalue weighted by Gasteiger charge is -2.60. The molecule has 3 aliphatic rings. The van der Waals surface area contributed by atoms with Crippen molar-refractivity contribution < 1.29 is 9.59 Å². The van der Waals surface area contributed by atoms with Gasteiger partial charge in [-0.25, -0.2) is 0 Å². The Labute approximate surface area is 167 Å². The molecule has 0 N–H and O–H groups in total. The normalized spacial score (nSPS) is 29.6. The minimum absolute atomic E-state index is 0.0120. The average Bonchev–Trinajstić information content (AvgIpc) is 2.68. The van der Waals surface area contributed by atoms with Crippen LogP contribution in [0.15, 0.2) is 48.5 Å². The second kappa shape index (κ2) is 5.94. The van der Waals surface area contributed by atoms with Crippen LogP contribution in [0.4, 0.5) is 0 Å². The molecular formula is C24H28N2O2. The first kappa shape index (κ1) is 18.7. The molecular weight excluding hydrogens is 348 g/mol. The van der Waals surface area contributed by atoms with E-state index in [1.54, 1.807) is 38.0 Å². The predicted molar refractivity (Wildman–Crippen MR) is 110 cm³/mol. The molecule has 4 heteroatoms. The van der Waals surface area contributed by atoms with Crippen molar-refractivity contribution >= 4 is 11.8 Å². The van der Waals surface area contributed by atoms with Crippen LogP contribution < -0.4 is 0 Å². The minimum Gasteiger partial charge on any atom is -0.349 e. The fourth-order valence-corrected chi connectivity index (χ4v) is 5.74. The highest BCUT2D eigenvalue weighted by molar-refractivity contribution is 5.94. The number of carbonyl (C=O) groups is 2. The van der Waals surface area contributed by atoms with Crippen LogP contribution in [-0.2, 0) is 20.4 Å². The number of rotatable bonds is 2. The molecule has 3 aliphatic carbocycles. The molecule has 0 aliphatic heterocycles. The Morgan fingerprint density at radius 1 is 0.643 bits per heavy atom. The van der Waals surface area contributed by atoms with Gasteiger partial charge in [0, 0.05) is 39.0 Å². The summed E-state index contributed by atoms with van der Waals surface area (Å²) in [5.74, 6) is -0.879. The van der Waals surface area contributed by atoms with Gasteiger partial charge >= 0.3 is 0 Å². The maximum Gasteiger partial charge on any atom is 0.227 e. The summed E-state index contributed by atoms with van der Waals surface area (Å²) in [6.07, 6.45) is 0. The van der Waals surface area contributed by atoms with Crippen molar-refractivity contribution in [3.8, 4) is 0 Å². The van der Waals surface area contributed by atoms with Crippen molar-refractivity contribution in [2.75, 3.05) is 28.2 Å². The van der Waals surface area contributed by atoms with Crippen LogP contribution in [-0.4, -0.2) is 49.8 Å². The highest BCUT2D eigenvalue weighted by Crippen LogP contribution is 2.64. The van der Waals surface area contributed by atoms with E-state index < -0.39 is 22.7 Å². The molecule has 0 saturated carbocycles. The van der Waals surface area contributed by atoms with Gasteiger partial charge in [0.15, 0.2) is 0 Å². The molecule has 2 bridgehead atoms. The van der Waals surface area contributed by atoms with E-state index in [1.165, 1.54) is 22.3 Å². The summed E-state index contributed by atoms with van der Waals surface area (Å²) in [4.78, 5) is 30.4. The summed E-state index contributed by atoms with van der Waals surface area (Å²) in [6, 6.07) is 16.7. The summed E-state index contributed by atoms with van der Waals surface area (Å²) in [5.41, 5.74) is 3.56. The lowest BCUT2D eigenvalue weighted by molar-refractivity contribution is -0.150. The van der Waals surface area contributed by atoms with E-state index >= 15 is 0 Å². The van der Waals surface area contributed by atoms with E-state index in [1.807, 2.05) is 24.3 Å². The van der Waals surface area contributed by atoms with E-state index in [-0.39, 0.29) is 11.8 Å². The van der Waals surface area contributed by atoms with Gasteiger partial charge in [0.25, 0.3) is 0 Å². The Morgan fingerprint density at radius 3 is 1.11 bits per heavy atom. The highest BCUT2D eigenvalue weighted by Gasteiger charge is 2.66. The molecule has 146 valence electrons. The molecule has 5 rings (SSSR count). The van der Waals surface area contributed by atoms with Crippen LogP contribution in [0.25, 0.3) is 0 Å². The number of benzene rings is 2. The number of amides is 2. The van der Waals surface area contributed by atoms with Crippen LogP contribution in [0.3, 0.4) is 0 Å². The van der Waals surface area contributed by atoms with Gasteiger partial charge in [0.1, 0.15) is 0 Å². The van der Waals surface area contributed by atoms with E-state index in [0.717, 1.165) is 0 Å². The van der Waals surface area contributed by atoms with Crippen molar-refractivity contribution in [1.29, 1.82) is 0 Å². The molecule has 0 saturated heterocycles. The third kappa shape index (κ3) is 2.06. The first-order chi connectivity index (χ1) is 13.2. The Balaban J connectivity index is 2.15. The average molecular weight is 377 g/mol. The zero-order chi connectivity index (χ0) is 20.4. The minimum atomic E-state index is -0.553. The van der Waals surface area contributed by atoms with Crippen LogP contribution in [0.2, 0.25) is 0 Å². The van der Waals surface area contributed by atoms with Crippen molar-refractivity contribution in [3.63, 3.8) is 0 Å². The van der Waals surface area contributed by atoms with Crippen LogP contribution >= 0.6 is 0 Å². The van der Waals surface area contributed by atoms with Gasteiger partial charge in [-0.05, 0) is 22.3 Å². The quantitative estimate of drug-likeness (QED) is 0.808. The van der Waals surface area contributed by atoms with Crippen LogP contribution in [0.5, 0.6) is 0 Å². The molecule has 2 atom stereocenters. The molecule has 0 aromatic heterocycles. The van der Waals surface area contributed by atoms with Crippen LogP contribution in [0, 0.1) is 11.8 Å². The second-order valence-electron chi connectivity index (χ2n) is 8.92. The fraction of sp³-hybridized carbons (Fsp3) is 0.417. The van der Waals surface area contributed by atoms with Gasteiger partial charge in [-0.15, -0.1) is 0 Å². The van der Waals surface area contributed by atoms with E-state index in [0.29, 0.717) is 0 Å². The zero-order valence-electron chi connectivity index (χ0n) is 17.5. The third-order valence-corrected chi connectivity index (χ3v) is 7.08. The van der Waals surface area contributed by atoms with Crippen molar-refractivity contribution in [1.82, 2.24) is 9.80 Å². The highest BCUT2D eigenvalue weighted by atomic mass is 16.2. The third-order valence-electron chi connectivity index (χ3n) is 7.08. The monoisotopic (exact) mass is 376 g/mol. The van der Waals surface area contributed by atoms with Crippen molar-refractivity contribution in [3.05, 3.63) is 70.8 Å². The summed E-state index contributed by atoms with van der Waals surface area (Å²) < 4.78 is 0. The molecule has 4 nitrogen and oxygen atoms in total. The van der Waals surface area contributed by atoms with Gasteiger partial charge in [-0.3, -0.25) is 9.59 Å². The molecule has 0 radical (unpaired) electrons. The number of nitrogens with zero attached hydrogens (tertiary/aromatic N) is 2. The summed E-state index contributed by atoms with van der Waals surface area (Å²) >= 11 is 0. The van der Waals surface area contributed by atoms with E-state index in [4.69, 9.17) is 0 Å². The van der Waals surface area contributed by atoms with Gasteiger partial charge in [0.05, 0.1) is 11.8 Å². The van der Waals surface area contributed by atoms with Crippen molar-refractivity contribution in [2.45, 2.75) is 24.7 Å². The molecule has 2 amide bonds. The molecule has 2 aromatic rings. The number of hydrogen-bond acceptors (Lipinski definition) is 2.